The second-order valence-corrected chi connectivity index (χ2v) is 17.7. The van der Waals surface area contributed by atoms with Crippen LogP contribution in [-0.2, 0) is 42.9 Å². The number of carbonyl (C=O) groups is 5. The highest BCUT2D eigenvalue weighted by atomic mass is 16.7. The fourth-order valence-electron chi connectivity index (χ4n) is 9.42. The van der Waals surface area contributed by atoms with Crippen LogP contribution in [0, 0.1) is 35.5 Å². The zero-order valence-electron chi connectivity index (χ0n) is 38.2. The Bertz CT molecular complexity index is 1260. The number of methoxy groups -OCH3 is 2. The van der Waals surface area contributed by atoms with E-state index in [-0.39, 0.29) is 23.8 Å². The van der Waals surface area contributed by atoms with Gasteiger partial charge in [-0.2, -0.15) is 0 Å². The molecule has 1 heterocycles. The molecule has 1 aliphatic heterocycles. The summed E-state index contributed by atoms with van der Waals surface area (Å²) in [6.45, 7) is 10.2. The Morgan fingerprint density at radius 3 is 1.56 bits per heavy atom. The smallest absolute Gasteiger partial charge is 0.305 e. The predicted octanol–water partition coefficient (Wildman–Crippen LogP) is 11.8. The van der Waals surface area contributed by atoms with Crippen molar-refractivity contribution in [3.05, 3.63) is 24.3 Å². The van der Waals surface area contributed by atoms with Gasteiger partial charge in [0, 0.05) is 63.2 Å². The standard InChI is InChI=1S/C26H44O5.C24H40O4/c1-4-5-6-9-12-16-26(30-18-19-31-26)17-15-22-21(2)20-24(27)23(22)13-10-7-8-11-14-25(28)29-3;1-4-5-6-7-10-13-20(25)16-17-21-19(2)18-23(26)22(21)14-11-8-9-12-15-24(27)28-3/h7,10,21-23H,4-6,8-9,11-20H2,1-3H3;8,11,19,21-22H,4-7,9-10,12-18H2,1-3H3/b10-7-;11-8-/t21?,22-,23?;19?,21-,22?/m00/s1. The van der Waals surface area contributed by atoms with E-state index in [1.807, 2.05) is 0 Å². The molecule has 0 N–H and O–H groups in total. The van der Waals surface area contributed by atoms with Crippen LogP contribution in [0.4, 0.5) is 0 Å². The molecule has 0 aromatic rings. The highest BCUT2D eigenvalue weighted by Gasteiger charge is 2.43. The van der Waals surface area contributed by atoms with E-state index in [0.29, 0.717) is 92.8 Å². The lowest BCUT2D eigenvalue weighted by Gasteiger charge is -2.30. The molecule has 2 saturated carbocycles. The van der Waals surface area contributed by atoms with E-state index in [9.17, 15) is 24.0 Å². The summed E-state index contributed by atoms with van der Waals surface area (Å²) in [5.74, 6) is 2.05. The highest BCUT2D eigenvalue weighted by Crippen LogP contribution is 2.43. The predicted molar refractivity (Wildman–Crippen MR) is 236 cm³/mol. The molecule has 6 atom stereocenters. The van der Waals surface area contributed by atoms with E-state index in [0.717, 1.165) is 83.5 Å². The van der Waals surface area contributed by atoms with Gasteiger partial charge in [0.15, 0.2) is 5.79 Å². The Balaban J connectivity index is 0.000000409. The van der Waals surface area contributed by atoms with Crippen LogP contribution in [0.5, 0.6) is 0 Å². The Hall–Kier alpha value is -2.65. The van der Waals surface area contributed by atoms with Crippen LogP contribution in [0.2, 0.25) is 0 Å². The average Bonchev–Trinajstić information content (AvgIpc) is 3.88. The molecule has 3 fully saturated rings. The number of hydrogen-bond acceptors (Lipinski definition) is 9. The van der Waals surface area contributed by atoms with Crippen LogP contribution in [0.1, 0.15) is 195 Å². The summed E-state index contributed by atoms with van der Waals surface area (Å²) in [5, 5.41) is 0. The summed E-state index contributed by atoms with van der Waals surface area (Å²) >= 11 is 0. The van der Waals surface area contributed by atoms with Crippen molar-refractivity contribution in [2.45, 2.75) is 200 Å². The number of esters is 2. The van der Waals surface area contributed by atoms with Crippen LogP contribution in [0.3, 0.4) is 0 Å². The summed E-state index contributed by atoms with van der Waals surface area (Å²) in [7, 11) is 2.83. The molecule has 0 amide bonds. The fraction of sp³-hybridized carbons (Fsp3) is 0.820. The summed E-state index contributed by atoms with van der Waals surface area (Å²) in [6, 6.07) is 0. The lowest BCUT2D eigenvalue weighted by molar-refractivity contribution is -0.171. The molecule has 2 aliphatic carbocycles. The minimum atomic E-state index is -0.425. The summed E-state index contributed by atoms with van der Waals surface area (Å²) in [5.41, 5.74) is 0. The van der Waals surface area contributed by atoms with Crippen LogP contribution in [0.25, 0.3) is 0 Å². The van der Waals surface area contributed by atoms with E-state index in [1.165, 1.54) is 59.2 Å². The monoisotopic (exact) mass is 829 g/mol. The first-order valence-electron chi connectivity index (χ1n) is 23.8. The quantitative estimate of drug-likeness (QED) is 0.0395. The maximum Gasteiger partial charge on any atom is 0.305 e. The maximum absolute atomic E-state index is 12.6. The molecule has 1 saturated heterocycles. The van der Waals surface area contributed by atoms with Crippen LogP contribution in [0.15, 0.2) is 24.3 Å². The number of rotatable bonds is 30. The molecule has 0 aromatic heterocycles. The number of allylic oxidation sites excluding steroid dienone is 4. The van der Waals surface area contributed by atoms with Gasteiger partial charge in [-0.1, -0.05) is 103 Å². The van der Waals surface area contributed by atoms with Gasteiger partial charge in [0.2, 0.25) is 0 Å². The molecule has 0 bridgehead atoms. The van der Waals surface area contributed by atoms with E-state index in [1.54, 1.807) is 0 Å². The molecule has 3 rings (SSSR count). The third kappa shape index (κ3) is 21.1. The van der Waals surface area contributed by atoms with Crippen LogP contribution >= 0.6 is 0 Å². The molecule has 0 aromatic carbocycles. The number of ketones is 3. The highest BCUT2D eigenvalue weighted by molar-refractivity contribution is 5.84. The molecule has 3 aliphatic rings. The van der Waals surface area contributed by atoms with E-state index in [4.69, 9.17) is 9.47 Å². The molecular formula is C50H84O9. The van der Waals surface area contributed by atoms with Crippen LogP contribution < -0.4 is 0 Å². The number of ether oxygens (including phenoxy) is 4. The van der Waals surface area contributed by atoms with Gasteiger partial charge >= 0.3 is 11.9 Å². The SMILES string of the molecule is CCCCCCCC(=O)CC[C@H]1C(C)CC(=O)C1C/C=C\CCCC(=O)OC.CCCCCCCC1(CC[C@H]2C(C)CC(=O)C2C/C=C\CCCC(=O)OC)OCCO1. The molecule has 4 unspecified atom stereocenters. The Kier molecular flexibility index (Phi) is 27.8. The third-order valence-corrected chi connectivity index (χ3v) is 13.1. The van der Waals surface area contributed by atoms with E-state index < -0.39 is 5.79 Å². The van der Waals surface area contributed by atoms with Gasteiger partial charge in [-0.25, -0.2) is 0 Å². The molecule has 0 spiro atoms. The lowest BCUT2D eigenvalue weighted by atomic mass is 9.82. The maximum atomic E-state index is 12.6. The van der Waals surface area contributed by atoms with Crippen molar-refractivity contribution in [2.24, 2.45) is 35.5 Å². The second kappa shape index (κ2) is 31.2. The topological polar surface area (TPSA) is 122 Å². The largest absolute Gasteiger partial charge is 0.469 e. The molecule has 59 heavy (non-hydrogen) atoms. The van der Waals surface area contributed by atoms with Gasteiger partial charge in [0.1, 0.15) is 17.3 Å². The van der Waals surface area contributed by atoms with Gasteiger partial charge in [0.05, 0.1) is 27.4 Å². The lowest BCUT2D eigenvalue weighted by Crippen LogP contribution is -2.32. The first kappa shape index (κ1) is 52.5. The van der Waals surface area contributed by atoms with Crippen molar-refractivity contribution >= 4 is 29.3 Å². The van der Waals surface area contributed by atoms with Gasteiger partial charge in [0.25, 0.3) is 0 Å². The summed E-state index contributed by atoms with van der Waals surface area (Å²) < 4.78 is 21.5. The van der Waals surface area contributed by atoms with E-state index in [2.05, 4.69) is 61.5 Å². The minimum absolute atomic E-state index is 0.0595. The van der Waals surface area contributed by atoms with Crippen LogP contribution in [-0.4, -0.2) is 62.5 Å². The average molecular weight is 829 g/mol. The van der Waals surface area contributed by atoms with Crippen molar-refractivity contribution in [1.29, 1.82) is 0 Å². The fourth-order valence-corrected chi connectivity index (χ4v) is 9.42. The van der Waals surface area contributed by atoms with Gasteiger partial charge < -0.3 is 18.9 Å². The number of unbranched alkanes of at least 4 members (excludes halogenated alkanes) is 10. The number of carbonyl (C=O) groups excluding carboxylic acids is 5. The van der Waals surface area contributed by atoms with Crippen molar-refractivity contribution in [3.8, 4) is 0 Å². The van der Waals surface area contributed by atoms with Crippen molar-refractivity contribution in [3.63, 3.8) is 0 Å². The van der Waals surface area contributed by atoms with E-state index >= 15 is 0 Å². The number of Topliss-reactive ketones (excluding diaryl/α,β-unsaturated/α-hetero) is 3. The second-order valence-electron chi connectivity index (χ2n) is 17.7. The summed E-state index contributed by atoms with van der Waals surface area (Å²) in [4.78, 5) is 59.5. The summed E-state index contributed by atoms with van der Waals surface area (Å²) in [6.07, 6.45) is 32.5. The zero-order valence-corrected chi connectivity index (χ0v) is 38.2. The van der Waals surface area contributed by atoms with Gasteiger partial charge in [-0.3, -0.25) is 24.0 Å². The molecule has 338 valence electrons. The number of hydrogen-bond donors (Lipinski definition) is 0. The third-order valence-electron chi connectivity index (χ3n) is 13.1. The van der Waals surface area contributed by atoms with Crippen molar-refractivity contribution in [2.75, 3.05) is 27.4 Å². The Morgan fingerprint density at radius 1 is 0.593 bits per heavy atom. The normalized spacial score (nSPS) is 23.9. The molecule has 9 nitrogen and oxygen atoms in total. The molecule has 0 radical (unpaired) electrons. The minimum Gasteiger partial charge on any atom is -0.469 e. The first-order chi connectivity index (χ1) is 28.5. The molecule has 9 heteroatoms. The van der Waals surface area contributed by atoms with Crippen molar-refractivity contribution in [1.82, 2.24) is 0 Å². The first-order valence-corrected chi connectivity index (χ1v) is 23.8. The zero-order chi connectivity index (χ0) is 43.3. The van der Waals surface area contributed by atoms with Gasteiger partial charge in [-0.15, -0.1) is 0 Å². The Morgan fingerprint density at radius 2 is 1.07 bits per heavy atom. The molecular weight excluding hydrogens is 745 g/mol. The van der Waals surface area contributed by atoms with Crippen molar-refractivity contribution < 1.29 is 42.9 Å². The Labute approximate surface area is 358 Å². The van der Waals surface area contributed by atoms with Gasteiger partial charge in [-0.05, 0) is 87.9 Å².